The van der Waals surface area contributed by atoms with Crippen LogP contribution < -0.4 is 5.32 Å². The molecule has 1 N–H and O–H groups in total. The van der Waals surface area contributed by atoms with Gasteiger partial charge in [-0.3, -0.25) is 19.3 Å². The van der Waals surface area contributed by atoms with Crippen LogP contribution >= 0.6 is 0 Å². The SMILES string of the molecule is O=C(Nc1ccn(Cc2ccncc2)n1)C1CCN(C(=O)CCc2ccccc2)CC1. The van der Waals surface area contributed by atoms with E-state index in [1.54, 1.807) is 23.1 Å². The quantitative estimate of drug-likeness (QED) is 0.640. The van der Waals surface area contributed by atoms with Crippen LogP contribution in [-0.2, 0) is 22.6 Å². The lowest BCUT2D eigenvalue weighted by molar-refractivity contribution is -0.134. The van der Waals surface area contributed by atoms with Crippen LogP contribution in [0.1, 0.15) is 30.4 Å². The smallest absolute Gasteiger partial charge is 0.228 e. The number of anilines is 1. The van der Waals surface area contributed by atoms with Crippen molar-refractivity contribution in [1.29, 1.82) is 0 Å². The normalized spacial score (nSPS) is 14.4. The summed E-state index contributed by atoms with van der Waals surface area (Å²) in [7, 11) is 0. The number of hydrogen-bond donors (Lipinski definition) is 1. The zero-order valence-electron chi connectivity index (χ0n) is 17.5. The number of benzene rings is 1. The number of aryl methyl sites for hydroxylation is 1. The Balaban J connectivity index is 1.22. The van der Waals surface area contributed by atoms with Crippen molar-refractivity contribution in [2.24, 2.45) is 5.92 Å². The Bertz CT molecular complexity index is 995. The third kappa shape index (κ3) is 5.78. The number of hydrogen-bond acceptors (Lipinski definition) is 4. The lowest BCUT2D eigenvalue weighted by atomic mass is 9.95. The fraction of sp³-hybridized carbons (Fsp3) is 0.333. The molecule has 2 amide bonds. The van der Waals surface area contributed by atoms with Crippen molar-refractivity contribution >= 4 is 17.6 Å². The Morgan fingerprint density at radius 2 is 1.71 bits per heavy atom. The zero-order valence-corrected chi connectivity index (χ0v) is 17.5. The summed E-state index contributed by atoms with van der Waals surface area (Å²) in [5, 5.41) is 7.36. The van der Waals surface area contributed by atoms with E-state index in [0.717, 1.165) is 12.0 Å². The van der Waals surface area contributed by atoms with E-state index in [0.29, 0.717) is 44.7 Å². The Kier molecular flexibility index (Phi) is 6.72. The number of pyridine rings is 1. The number of nitrogens with zero attached hydrogens (tertiary/aromatic N) is 4. The van der Waals surface area contributed by atoms with Gasteiger partial charge in [-0.2, -0.15) is 5.10 Å². The van der Waals surface area contributed by atoms with Crippen molar-refractivity contribution in [3.05, 3.63) is 78.2 Å². The molecule has 0 aliphatic carbocycles. The molecule has 0 bridgehead atoms. The average Bonchev–Trinajstić information content (AvgIpc) is 3.25. The monoisotopic (exact) mass is 417 g/mol. The summed E-state index contributed by atoms with van der Waals surface area (Å²) >= 11 is 0. The number of aromatic nitrogens is 3. The third-order valence-corrected chi connectivity index (χ3v) is 5.67. The van der Waals surface area contributed by atoms with Crippen LogP contribution in [0.2, 0.25) is 0 Å². The van der Waals surface area contributed by atoms with Crippen molar-refractivity contribution in [1.82, 2.24) is 19.7 Å². The van der Waals surface area contributed by atoms with Gasteiger partial charge in [-0.05, 0) is 42.5 Å². The standard InChI is InChI=1S/C24H27N5O2/c30-23(7-6-19-4-2-1-3-5-19)28-15-10-21(11-16-28)24(31)26-22-12-17-29(27-22)18-20-8-13-25-14-9-20/h1-5,8-9,12-14,17,21H,6-7,10-11,15-16,18H2,(H,26,27,31). The fourth-order valence-electron chi connectivity index (χ4n) is 3.87. The molecule has 1 fully saturated rings. The van der Waals surface area contributed by atoms with Crippen molar-refractivity contribution in [2.75, 3.05) is 18.4 Å². The lowest BCUT2D eigenvalue weighted by Gasteiger charge is -2.31. The van der Waals surface area contributed by atoms with Crippen LogP contribution in [0.25, 0.3) is 0 Å². The van der Waals surface area contributed by atoms with Crippen molar-refractivity contribution in [3.8, 4) is 0 Å². The molecule has 31 heavy (non-hydrogen) atoms. The second-order valence-corrected chi connectivity index (χ2v) is 7.88. The topological polar surface area (TPSA) is 80.1 Å². The minimum absolute atomic E-state index is 0.0226. The molecular formula is C24H27N5O2. The summed E-state index contributed by atoms with van der Waals surface area (Å²) in [6.45, 7) is 1.88. The van der Waals surface area contributed by atoms with E-state index in [9.17, 15) is 9.59 Å². The van der Waals surface area contributed by atoms with E-state index in [1.807, 2.05) is 53.6 Å². The summed E-state index contributed by atoms with van der Waals surface area (Å²) in [4.78, 5) is 31.0. The van der Waals surface area contributed by atoms with Gasteiger partial charge in [0.25, 0.3) is 0 Å². The van der Waals surface area contributed by atoms with Crippen LogP contribution in [-0.4, -0.2) is 44.6 Å². The number of nitrogens with one attached hydrogen (secondary N) is 1. The Morgan fingerprint density at radius 1 is 0.968 bits per heavy atom. The highest BCUT2D eigenvalue weighted by molar-refractivity contribution is 5.91. The molecule has 160 valence electrons. The molecule has 7 nitrogen and oxygen atoms in total. The molecule has 4 rings (SSSR count). The van der Waals surface area contributed by atoms with Crippen LogP contribution in [0.3, 0.4) is 0 Å². The first-order chi connectivity index (χ1) is 15.2. The van der Waals surface area contributed by atoms with Gasteiger partial charge in [0, 0.05) is 50.1 Å². The largest absolute Gasteiger partial charge is 0.343 e. The highest BCUT2D eigenvalue weighted by Crippen LogP contribution is 2.20. The van der Waals surface area contributed by atoms with Gasteiger partial charge in [-0.25, -0.2) is 0 Å². The molecule has 2 aromatic heterocycles. The highest BCUT2D eigenvalue weighted by atomic mass is 16.2. The average molecular weight is 418 g/mol. The zero-order chi connectivity index (χ0) is 21.5. The Hall–Kier alpha value is -3.48. The molecule has 1 aromatic carbocycles. The van der Waals surface area contributed by atoms with Gasteiger partial charge < -0.3 is 10.2 Å². The number of likely N-dealkylation sites (tertiary alicyclic amines) is 1. The van der Waals surface area contributed by atoms with Gasteiger partial charge in [-0.1, -0.05) is 30.3 Å². The van der Waals surface area contributed by atoms with Gasteiger partial charge in [0.05, 0.1) is 6.54 Å². The summed E-state index contributed by atoms with van der Waals surface area (Å²) in [6.07, 6.45) is 7.98. The van der Waals surface area contributed by atoms with Crippen molar-refractivity contribution in [3.63, 3.8) is 0 Å². The first kappa shape index (κ1) is 20.8. The molecule has 0 saturated carbocycles. The van der Waals surface area contributed by atoms with Crippen LogP contribution in [0.4, 0.5) is 5.82 Å². The molecule has 0 atom stereocenters. The van der Waals surface area contributed by atoms with Crippen molar-refractivity contribution < 1.29 is 9.59 Å². The van der Waals surface area contributed by atoms with E-state index < -0.39 is 0 Å². The van der Waals surface area contributed by atoms with E-state index in [2.05, 4.69) is 15.4 Å². The molecule has 1 aliphatic rings. The molecule has 1 saturated heterocycles. The van der Waals surface area contributed by atoms with Gasteiger partial charge in [-0.15, -0.1) is 0 Å². The Labute approximate surface area is 182 Å². The first-order valence-electron chi connectivity index (χ1n) is 10.7. The molecule has 3 aromatic rings. The van der Waals surface area contributed by atoms with Gasteiger partial charge in [0.2, 0.25) is 11.8 Å². The van der Waals surface area contributed by atoms with Gasteiger partial charge >= 0.3 is 0 Å². The summed E-state index contributed by atoms with van der Waals surface area (Å²) in [5.74, 6) is 0.604. The molecule has 1 aliphatic heterocycles. The number of piperidine rings is 1. The molecular weight excluding hydrogens is 390 g/mol. The predicted molar refractivity (Wildman–Crippen MR) is 118 cm³/mol. The van der Waals surface area contributed by atoms with E-state index in [-0.39, 0.29) is 17.7 Å². The summed E-state index contributed by atoms with van der Waals surface area (Å²) < 4.78 is 1.79. The molecule has 7 heteroatoms. The number of carbonyl (C=O) groups is 2. The number of carbonyl (C=O) groups excluding carboxylic acids is 2. The number of rotatable bonds is 7. The second kappa shape index (κ2) is 10.0. The van der Waals surface area contributed by atoms with E-state index in [1.165, 1.54) is 5.56 Å². The minimum Gasteiger partial charge on any atom is -0.343 e. The van der Waals surface area contributed by atoms with Crippen LogP contribution in [0, 0.1) is 5.92 Å². The fourth-order valence-corrected chi connectivity index (χ4v) is 3.87. The highest BCUT2D eigenvalue weighted by Gasteiger charge is 2.27. The minimum atomic E-state index is -0.0940. The maximum absolute atomic E-state index is 12.7. The van der Waals surface area contributed by atoms with Gasteiger partial charge in [0.15, 0.2) is 5.82 Å². The summed E-state index contributed by atoms with van der Waals surface area (Å²) in [6, 6.07) is 15.7. The summed E-state index contributed by atoms with van der Waals surface area (Å²) in [5.41, 5.74) is 2.27. The van der Waals surface area contributed by atoms with Gasteiger partial charge in [0.1, 0.15) is 0 Å². The molecule has 3 heterocycles. The third-order valence-electron chi connectivity index (χ3n) is 5.67. The van der Waals surface area contributed by atoms with Crippen LogP contribution in [0.15, 0.2) is 67.1 Å². The maximum Gasteiger partial charge on any atom is 0.228 e. The van der Waals surface area contributed by atoms with Crippen LogP contribution in [0.5, 0.6) is 0 Å². The maximum atomic E-state index is 12.7. The predicted octanol–water partition coefficient (Wildman–Crippen LogP) is 3.14. The molecule has 0 unspecified atom stereocenters. The second-order valence-electron chi connectivity index (χ2n) is 7.88. The Morgan fingerprint density at radius 3 is 2.45 bits per heavy atom. The molecule has 0 spiro atoms. The van der Waals surface area contributed by atoms with Crippen molar-refractivity contribution in [2.45, 2.75) is 32.2 Å². The number of amides is 2. The first-order valence-corrected chi connectivity index (χ1v) is 10.7. The molecule has 0 radical (unpaired) electrons. The van der Waals surface area contributed by atoms with E-state index >= 15 is 0 Å². The van der Waals surface area contributed by atoms with E-state index in [4.69, 9.17) is 0 Å². The lowest BCUT2D eigenvalue weighted by Crippen LogP contribution is -2.41.